The van der Waals surface area contributed by atoms with E-state index in [0.717, 1.165) is 30.8 Å². The van der Waals surface area contributed by atoms with Crippen LogP contribution in [-0.4, -0.2) is 44.0 Å². The van der Waals surface area contributed by atoms with Crippen LogP contribution in [0.15, 0.2) is 36.7 Å². The molecular weight excluding hydrogens is 312 g/mol. The summed E-state index contributed by atoms with van der Waals surface area (Å²) in [6, 6.07) is 10.3. The molecule has 0 aliphatic carbocycles. The van der Waals surface area contributed by atoms with Crippen molar-refractivity contribution in [1.82, 2.24) is 14.6 Å². The predicted octanol–water partition coefficient (Wildman–Crippen LogP) is 0.625. The van der Waals surface area contributed by atoms with Crippen LogP contribution < -0.4 is 4.90 Å². The average molecular weight is 331 g/mol. The van der Waals surface area contributed by atoms with Gasteiger partial charge in [-0.1, -0.05) is 41.7 Å². The lowest BCUT2D eigenvalue weighted by Crippen LogP contribution is -3.13. The molecule has 2 aromatic heterocycles. The lowest BCUT2D eigenvalue weighted by atomic mass is 9.99. The highest BCUT2D eigenvalue weighted by Crippen LogP contribution is 2.34. The molecule has 1 aliphatic rings. The van der Waals surface area contributed by atoms with E-state index in [2.05, 4.69) is 22.2 Å². The molecule has 0 amide bonds. The zero-order chi connectivity index (χ0) is 15.8. The average Bonchev–Trinajstić information content (AvgIpc) is 3.15. The molecule has 0 bridgehead atoms. The first kappa shape index (κ1) is 14.6. The largest absolute Gasteiger partial charge is 0.492 e. The summed E-state index contributed by atoms with van der Waals surface area (Å²) in [5.41, 5.74) is 1.17. The minimum Gasteiger partial charge on any atom is -0.492 e. The Balaban J connectivity index is 1.78. The molecule has 120 valence electrons. The summed E-state index contributed by atoms with van der Waals surface area (Å²) in [7, 11) is 0. The maximum absolute atomic E-state index is 10.6. The molecule has 23 heavy (non-hydrogen) atoms. The Morgan fingerprint density at radius 2 is 1.96 bits per heavy atom. The molecule has 6 nitrogen and oxygen atoms in total. The van der Waals surface area contributed by atoms with E-state index in [1.807, 2.05) is 18.2 Å². The van der Waals surface area contributed by atoms with Crippen LogP contribution in [0.2, 0.25) is 0 Å². The second kappa shape index (κ2) is 5.92. The lowest BCUT2D eigenvalue weighted by Gasteiger charge is -2.33. The third-order valence-corrected chi connectivity index (χ3v) is 5.64. The highest BCUT2D eigenvalue weighted by molar-refractivity contribution is 7.17. The highest BCUT2D eigenvalue weighted by Gasteiger charge is 2.34. The summed E-state index contributed by atoms with van der Waals surface area (Å²) in [4.78, 5) is 7.15. The molecular formula is C16H19N4O2S+. The minimum absolute atomic E-state index is 0.0391. The van der Waals surface area contributed by atoms with Gasteiger partial charge in [0.05, 0.1) is 19.2 Å². The van der Waals surface area contributed by atoms with E-state index in [9.17, 15) is 10.2 Å². The third kappa shape index (κ3) is 2.60. The van der Waals surface area contributed by atoms with Crippen molar-refractivity contribution < 1.29 is 15.1 Å². The standard InChI is InChI=1S/C16H18N4O2S/c21-12-6-8-19(9-7-12)13(11-4-2-1-3-5-11)14-15(22)20-16(23-14)17-10-18-20/h1-5,10,12-13,21-22H,6-9H2/p+1/t13-/m1/s1. The topological polar surface area (TPSA) is 75.1 Å². The number of thiazole rings is 1. The Bertz CT molecular complexity index is 793. The van der Waals surface area contributed by atoms with E-state index in [-0.39, 0.29) is 18.0 Å². The van der Waals surface area contributed by atoms with Crippen molar-refractivity contribution in [2.75, 3.05) is 13.1 Å². The second-order valence-electron chi connectivity index (χ2n) is 5.98. The zero-order valence-corrected chi connectivity index (χ0v) is 13.4. The van der Waals surface area contributed by atoms with Gasteiger partial charge < -0.3 is 15.1 Å². The van der Waals surface area contributed by atoms with Gasteiger partial charge in [-0.15, -0.1) is 0 Å². The van der Waals surface area contributed by atoms with Crippen LogP contribution in [0.1, 0.15) is 29.3 Å². The normalized spacial score (nSPS) is 23.2. The van der Waals surface area contributed by atoms with Gasteiger partial charge in [-0.25, -0.2) is 4.98 Å². The van der Waals surface area contributed by atoms with E-state index < -0.39 is 0 Å². The van der Waals surface area contributed by atoms with Gasteiger partial charge in [-0.05, 0) is 0 Å². The molecule has 0 saturated carbocycles. The van der Waals surface area contributed by atoms with Crippen molar-refractivity contribution >= 4 is 16.3 Å². The van der Waals surface area contributed by atoms with Crippen LogP contribution in [0, 0.1) is 0 Å². The number of nitrogens with one attached hydrogen (secondary N) is 1. The number of hydrogen-bond donors (Lipinski definition) is 3. The van der Waals surface area contributed by atoms with Crippen LogP contribution in [0.25, 0.3) is 4.96 Å². The Morgan fingerprint density at radius 3 is 2.65 bits per heavy atom. The molecule has 3 N–H and O–H groups in total. The van der Waals surface area contributed by atoms with Gasteiger partial charge in [0.25, 0.3) is 0 Å². The van der Waals surface area contributed by atoms with E-state index in [4.69, 9.17) is 0 Å². The lowest BCUT2D eigenvalue weighted by molar-refractivity contribution is -0.931. The summed E-state index contributed by atoms with van der Waals surface area (Å²) in [5, 5.41) is 24.5. The number of benzene rings is 1. The first-order valence-corrected chi connectivity index (χ1v) is 8.64. The Hall–Kier alpha value is -1.96. The molecule has 1 fully saturated rings. The molecule has 1 aliphatic heterocycles. The predicted molar refractivity (Wildman–Crippen MR) is 86.8 cm³/mol. The van der Waals surface area contributed by atoms with Crippen LogP contribution in [0.5, 0.6) is 5.88 Å². The summed E-state index contributed by atoms with van der Waals surface area (Å²) in [6.07, 6.45) is 2.84. The van der Waals surface area contributed by atoms with E-state index >= 15 is 0 Å². The van der Waals surface area contributed by atoms with Crippen LogP contribution in [-0.2, 0) is 0 Å². The van der Waals surface area contributed by atoms with Crippen molar-refractivity contribution in [1.29, 1.82) is 0 Å². The first-order valence-electron chi connectivity index (χ1n) is 7.83. The summed E-state index contributed by atoms with van der Waals surface area (Å²) < 4.78 is 1.49. The van der Waals surface area contributed by atoms with Gasteiger partial charge in [-0.3, -0.25) is 0 Å². The molecule has 1 aromatic carbocycles. The van der Waals surface area contributed by atoms with Crippen molar-refractivity contribution in [3.05, 3.63) is 47.1 Å². The molecule has 3 heterocycles. The monoisotopic (exact) mass is 331 g/mol. The van der Waals surface area contributed by atoms with Gasteiger partial charge in [0.15, 0.2) is 6.04 Å². The Kier molecular flexibility index (Phi) is 3.76. The molecule has 1 saturated heterocycles. The Labute approximate surface area is 137 Å². The maximum Gasteiger partial charge on any atom is 0.235 e. The molecule has 1 atom stereocenters. The fourth-order valence-electron chi connectivity index (χ4n) is 3.36. The van der Waals surface area contributed by atoms with Gasteiger partial charge >= 0.3 is 0 Å². The van der Waals surface area contributed by atoms with Crippen molar-refractivity contribution in [2.24, 2.45) is 0 Å². The molecule has 0 unspecified atom stereocenters. The first-order chi connectivity index (χ1) is 11.2. The molecule has 7 heteroatoms. The van der Waals surface area contributed by atoms with E-state index in [1.165, 1.54) is 32.6 Å². The number of aromatic nitrogens is 3. The number of likely N-dealkylation sites (tertiary alicyclic amines) is 1. The van der Waals surface area contributed by atoms with Crippen LogP contribution in [0.3, 0.4) is 0 Å². The molecule has 0 spiro atoms. The number of nitrogens with zero attached hydrogens (tertiary/aromatic N) is 3. The van der Waals surface area contributed by atoms with Crippen molar-refractivity contribution in [3.8, 4) is 5.88 Å². The fourth-order valence-corrected chi connectivity index (χ4v) is 4.48. The maximum atomic E-state index is 10.6. The summed E-state index contributed by atoms with van der Waals surface area (Å²) >= 11 is 1.48. The van der Waals surface area contributed by atoms with Gasteiger partial charge in [0.2, 0.25) is 10.8 Å². The van der Waals surface area contributed by atoms with E-state index in [0.29, 0.717) is 4.96 Å². The van der Waals surface area contributed by atoms with Crippen LogP contribution >= 0.6 is 11.3 Å². The number of aromatic hydroxyl groups is 1. The minimum atomic E-state index is -0.203. The smallest absolute Gasteiger partial charge is 0.235 e. The third-order valence-electron chi connectivity index (χ3n) is 4.54. The summed E-state index contributed by atoms with van der Waals surface area (Å²) in [6.45, 7) is 1.77. The molecule has 3 aromatic rings. The van der Waals surface area contributed by atoms with Gasteiger partial charge in [0.1, 0.15) is 11.2 Å². The van der Waals surface area contributed by atoms with Gasteiger partial charge in [0, 0.05) is 18.4 Å². The zero-order valence-electron chi connectivity index (χ0n) is 12.6. The second-order valence-corrected chi connectivity index (χ2v) is 6.99. The number of piperidine rings is 1. The fraction of sp³-hybridized carbons (Fsp3) is 0.375. The number of aliphatic hydroxyl groups is 1. The van der Waals surface area contributed by atoms with E-state index in [1.54, 1.807) is 0 Å². The number of rotatable bonds is 3. The Morgan fingerprint density at radius 1 is 1.22 bits per heavy atom. The number of aliphatic hydroxyl groups excluding tert-OH is 1. The van der Waals surface area contributed by atoms with Crippen molar-refractivity contribution in [2.45, 2.75) is 25.0 Å². The number of quaternary nitrogens is 1. The summed E-state index contributed by atoms with van der Waals surface area (Å²) in [5.74, 6) is 0.176. The highest BCUT2D eigenvalue weighted by atomic mass is 32.1. The number of fused-ring (bicyclic) bond motifs is 1. The molecule has 4 rings (SSSR count). The quantitative estimate of drug-likeness (QED) is 0.658. The SMILES string of the molecule is Oc1c([C@@H](c2ccccc2)[NH+]2CCC(O)CC2)sc2ncnn12. The van der Waals surface area contributed by atoms with Crippen LogP contribution in [0.4, 0.5) is 0 Å². The number of hydrogen-bond acceptors (Lipinski definition) is 5. The molecule has 0 radical (unpaired) electrons. The van der Waals surface area contributed by atoms with Crippen molar-refractivity contribution in [3.63, 3.8) is 0 Å². The van der Waals surface area contributed by atoms with Gasteiger partial charge in [-0.2, -0.15) is 9.61 Å².